The van der Waals surface area contributed by atoms with Crippen molar-refractivity contribution in [1.82, 2.24) is 9.97 Å². The van der Waals surface area contributed by atoms with Gasteiger partial charge >= 0.3 is 6.18 Å². The molecule has 0 saturated carbocycles. The standard InChI is InChI=1S/C22H26F3N4OP/c1-6-26-19-11-18-16(10-20(19)31(4,5)30)21(28-12-27-18)29-14(3)15-8-7-9-17(13(15)2)22(23,24)25/h7-12,14,26H,6H2,1-5H3,(H,27,28,29)/t14-/m1/s1. The van der Waals surface area contributed by atoms with Crippen LogP contribution in [-0.2, 0) is 10.7 Å². The molecule has 0 aliphatic rings. The molecule has 3 aromatic rings. The van der Waals surface area contributed by atoms with Crippen molar-refractivity contribution < 1.29 is 17.7 Å². The van der Waals surface area contributed by atoms with E-state index in [4.69, 9.17) is 0 Å². The Bertz CT molecular complexity index is 1160. The van der Waals surface area contributed by atoms with Gasteiger partial charge in [-0.25, -0.2) is 9.97 Å². The van der Waals surface area contributed by atoms with Crippen molar-refractivity contribution in [2.24, 2.45) is 0 Å². The maximum Gasteiger partial charge on any atom is 0.416 e. The molecule has 0 radical (unpaired) electrons. The lowest BCUT2D eigenvalue weighted by Gasteiger charge is -2.21. The molecule has 0 unspecified atom stereocenters. The number of benzene rings is 2. The van der Waals surface area contributed by atoms with Crippen LogP contribution in [0.25, 0.3) is 10.9 Å². The number of aromatic nitrogens is 2. The Kier molecular flexibility index (Phi) is 6.33. The van der Waals surface area contributed by atoms with E-state index in [2.05, 4.69) is 20.6 Å². The first-order valence-electron chi connectivity index (χ1n) is 9.95. The van der Waals surface area contributed by atoms with Gasteiger partial charge in [0, 0.05) is 22.9 Å². The minimum Gasteiger partial charge on any atom is -0.385 e. The molecular weight excluding hydrogens is 424 g/mol. The normalized spacial score (nSPS) is 13.3. The molecule has 5 nitrogen and oxygen atoms in total. The summed E-state index contributed by atoms with van der Waals surface area (Å²) in [5, 5.41) is 7.80. The van der Waals surface area contributed by atoms with E-state index in [9.17, 15) is 17.7 Å². The molecular formula is C22H26F3N4OP. The summed E-state index contributed by atoms with van der Waals surface area (Å²) < 4.78 is 52.8. The molecule has 9 heteroatoms. The summed E-state index contributed by atoms with van der Waals surface area (Å²) in [4.78, 5) is 8.64. The molecule has 1 heterocycles. The Morgan fingerprint density at radius 3 is 2.48 bits per heavy atom. The molecule has 0 aliphatic carbocycles. The molecule has 0 amide bonds. The summed E-state index contributed by atoms with van der Waals surface area (Å²) in [5.74, 6) is 0.479. The average molecular weight is 450 g/mol. The topological polar surface area (TPSA) is 66.9 Å². The van der Waals surface area contributed by atoms with Crippen LogP contribution in [0.4, 0.5) is 24.7 Å². The summed E-state index contributed by atoms with van der Waals surface area (Å²) in [6, 6.07) is 7.37. The summed E-state index contributed by atoms with van der Waals surface area (Å²) in [7, 11) is -2.61. The minimum absolute atomic E-state index is 0.176. The highest BCUT2D eigenvalue weighted by Crippen LogP contribution is 2.40. The van der Waals surface area contributed by atoms with Crippen LogP contribution in [0, 0.1) is 6.92 Å². The Morgan fingerprint density at radius 1 is 1.16 bits per heavy atom. The lowest BCUT2D eigenvalue weighted by molar-refractivity contribution is -0.138. The van der Waals surface area contributed by atoms with Gasteiger partial charge in [0.1, 0.15) is 19.3 Å². The van der Waals surface area contributed by atoms with E-state index >= 15 is 0 Å². The second-order valence-corrected chi connectivity index (χ2v) is 11.1. The summed E-state index contributed by atoms with van der Waals surface area (Å²) in [6.07, 6.45) is -3.01. The summed E-state index contributed by atoms with van der Waals surface area (Å²) in [6.45, 7) is 9.27. The maximum atomic E-state index is 13.3. The minimum atomic E-state index is -4.41. The van der Waals surface area contributed by atoms with E-state index in [1.807, 2.05) is 19.1 Å². The third kappa shape index (κ3) is 4.85. The monoisotopic (exact) mass is 450 g/mol. The van der Waals surface area contributed by atoms with E-state index in [0.29, 0.717) is 34.1 Å². The van der Waals surface area contributed by atoms with E-state index < -0.39 is 24.9 Å². The molecule has 31 heavy (non-hydrogen) atoms. The Labute approximate surface area is 179 Å². The molecule has 0 fully saturated rings. The smallest absolute Gasteiger partial charge is 0.385 e. The Hall–Kier alpha value is -2.60. The van der Waals surface area contributed by atoms with Crippen molar-refractivity contribution in [3.05, 3.63) is 53.3 Å². The number of halogens is 3. The molecule has 0 bridgehead atoms. The van der Waals surface area contributed by atoms with Crippen LogP contribution in [0.1, 0.15) is 36.6 Å². The van der Waals surface area contributed by atoms with Crippen molar-refractivity contribution >= 4 is 34.9 Å². The van der Waals surface area contributed by atoms with Crippen LogP contribution < -0.4 is 15.9 Å². The summed E-state index contributed by atoms with van der Waals surface area (Å²) in [5.41, 5.74) is 1.47. The van der Waals surface area contributed by atoms with Gasteiger partial charge in [0.05, 0.1) is 17.1 Å². The van der Waals surface area contributed by atoms with Gasteiger partial charge in [0.25, 0.3) is 0 Å². The fourth-order valence-corrected chi connectivity index (χ4v) is 4.86. The number of alkyl halides is 3. The zero-order chi connectivity index (χ0) is 23.0. The predicted octanol–water partition coefficient (Wildman–Crippen LogP) is 5.81. The number of rotatable bonds is 6. The Morgan fingerprint density at radius 2 is 1.87 bits per heavy atom. The summed E-state index contributed by atoms with van der Waals surface area (Å²) >= 11 is 0. The van der Waals surface area contributed by atoms with E-state index in [0.717, 1.165) is 11.8 Å². The third-order valence-corrected chi connectivity index (χ3v) is 6.73. The van der Waals surface area contributed by atoms with Crippen LogP contribution in [0.2, 0.25) is 0 Å². The highest BCUT2D eigenvalue weighted by molar-refractivity contribution is 7.70. The second-order valence-electron chi connectivity index (χ2n) is 7.87. The number of hydrogen-bond acceptors (Lipinski definition) is 5. The molecule has 1 aromatic heterocycles. The van der Waals surface area contributed by atoms with Gasteiger partial charge in [0.15, 0.2) is 0 Å². The highest BCUT2D eigenvalue weighted by Gasteiger charge is 2.33. The van der Waals surface area contributed by atoms with E-state index in [1.54, 1.807) is 26.3 Å². The van der Waals surface area contributed by atoms with Gasteiger partial charge < -0.3 is 15.2 Å². The molecule has 1 atom stereocenters. The third-order valence-electron chi connectivity index (χ3n) is 5.20. The fourth-order valence-electron chi connectivity index (χ4n) is 3.70. The first-order chi connectivity index (χ1) is 14.4. The number of hydrogen-bond donors (Lipinski definition) is 2. The van der Waals surface area contributed by atoms with Crippen LogP contribution in [0.3, 0.4) is 0 Å². The van der Waals surface area contributed by atoms with Gasteiger partial charge in [-0.05, 0) is 63.4 Å². The van der Waals surface area contributed by atoms with Crippen LogP contribution in [0.5, 0.6) is 0 Å². The number of nitrogens with zero attached hydrogens (tertiary/aromatic N) is 2. The highest BCUT2D eigenvalue weighted by atomic mass is 31.2. The van der Waals surface area contributed by atoms with Crippen LogP contribution >= 0.6 is 7.14 Å². The maximum absolute atomic E-state index is 13.3. The first-order valence-corrected chi connectivity index (χ1v) is 12.5. The number of nitrogens with one attached hydrogen (secondary N) is 2. The Balaban J connectivity index is 2.07. The van der Waals surface area contributed by atoms with Crippen molar-refractivity contribution in [2.75, 3.05) is 30.5 Å². The lowest BCUT2D eigenvalue weighted by Crippen LogP contribution is -2.15. The predicted molar refractivity (Wildman–Crippen MR) is 121 cm³/mol. The zero-order valence-corrected chi connectivity index (χ0v) is 19.0. The molecule has 166 valence electrons. The molecule has 2 aromatic carbocycles. The van der Waals surface area contributed by atoms with Crippen molar-refractivity contribution in [1.29, 1.82) is 0 Å². The van der Waals surface area contributed by atoms with Crippen LogP contribution in [-0.4, -0.2) is 29.8 Å². The molecule has 0 saturated heterocycles. The molecule has 2 N–H and O–H groups in total. The SMILES string of the molecule is CCNc1cc2ncnc(N[C@H](C)c3cccc(C(F)(F)F)c3C)c2cc1P(C)(C)=O. The second kappa shape index (κ2) is 8.50. The van der Waals surface area contributed by atoms with Gasteiger partial charge in [-0.15, -0.1) is 0 Å². The zero-order valence-electron chi connectivity index (χ0n) is 18.1. The fraction of sp³-hybridized carbons (Fsp3) is 0.364. The van der Waals surface area contributed by atoms with E-state index in [1.165, 1.54) is 19.3 Å². The van der Waals surface area contributed by atoms with Gasteiger partial charge in [-0.3, -0.25) is 0 Å². The van der Waals surface area contributed by atoms with Crippen molar-refractivity contribution in [3.63, 3.8) is 0 Å². The number of anilines is 2. The quantitative estimate of drug-likeness (QED) is 0.464. The number of fused-ring (bicyclic) bond motifs is 1. The van der Waals surface area contributed by atoms with Gasteiger partial charge in [-0.1, -0.05) is 12.1 Å². The van der Waals surface area contributed by atoms with Crippen molar-refractivity contribution in [2.45, 2.75) is 33.0 Å². The molecule has 3 rings (SSSR count). The van der Waals surface area contributed by atoms with Gasteiger partial charge in [0.2, 0.25) is 0 Å². The van der Waals surface area contributed by atoms with Crippen molar-refractivity contribution in [3.8, 4) is 0 Å². The molecule has 0 spiro atoms. The lowest BCUT2D eigenvalue weighted by atomic mass is 9.97. The van der Waals surface area contributed by atoms with Crippen LogP contribution in [0.15, 0.2) is 36.7 Å². The first kappa shape index (κ1) is 23.1. The van der Waals surface area contributed by atoms with E-state index in [-0.39, 0.29) is 5.56 Å². The van der Waals surface area contributed by atoms with Gasteiger partial charge in [-0.2, -0.15) is 13.2 Å². The molecule has 0 aliphatic heterocycles. The average Bonchev–Trinajstić information content (AvgIpc) is 2.66. The largest absolute Gasteiger partial charge is 0.416 e.